The Hall–Kier alpha value is -2.96. The molecule has 0 aliphatic heterocycles. The summed E-state index contributed by atoms with van der Waals surface area (Å²) >= 11 is 2.81. The van der Waals surface area contributed by atoms with Crippen LogP contribution in [0.2, 0.25) is 0 Å². The van der Waals surface area contributed by atoms with Crippen LogP contribution < -0.4 is 10.6 Å². The zero-order chi connectivity index (χ0) is 19.9. The third-order valence-electron chi connectivity index (χ3n) is 3.73. The fraction of sp³-hybridized carbons (Fsp3) is 0.211. The molecule has 7 nitrogen and oxygen atoms in total. The molecule has 0 radical (unpaired) electrons. The van der Waals surface area contributed by atoms with E-state index in [4.69, 9.17) is 5.26 Å². The standard InChI is InChI=1S/C19H18N6OS2/c1-12(2)14-6-7-16(21-10-14)11-27-19-25-24-18(28-19)23-17(26)22-15-5-3-4-13(8-15)9-20/h3-8,10,12H,11H2,1-2H3,(H2,22,23,24,26). The molecule has 2 amide bonds. The first-order valence-electron chi connectivity index (χ1n) is 8.53. The number of nitriles is 1. The fourth-order valence-corrected chi connectivity index (χ4v) is 3.91. The molecule has 2 aromatic heterocycles. The molecule has 0 saturated heterocycles. The highest BCUT2D eigenvalue weighted by atomic mass is 32.2. The number of nitrogens with one attached hydrogen (secondary N) is 2. The van der Waals surface area contributed by atoms with Crippen molar-refractivity contribution in [3.05, 3.63) is 59.4 Å². The normalized spacial score (nSPS) is 10.5. The smallest absolute Gasteiger partial charge is 0.308 e. The molecule has 0 spiro atoms. The van der Waals surface area contributed by atoms with E-state index in [0.29, 0.717) is 28.1 Å². The van der Waals surface area contributed by atoms with Gasteiger partial charge in [-0.1, -0.05) is 49.1 Å². The van der Waals surface area contributed by atoms with Gasteiger partial charge in [0.25, 0.3) is 0 Å². The number of urea groups is 1. The molecule has 0 fully saturated rings. The number of nitrogens with zero attached hydrogens (tertiary/aromatic N) is 4. The van der Waals surface area contributed by atoms with Gasteiger partial charge in [-0.25, -0.2) is 4.79 Å². The van der Waals surface area contributed by atoms with Gasteiger partial charge in [-0.15, -0.1) is 10.2 Å². The minimum absolute atomic E-state index is 0.402. The Kier molecular flexibility index (Phi) is 6.57. The van der Waals surface area contributed by atoms with Gasteiger partial charge in [-0.05, 0) is 35.7 Å². The van der Waals surface area contributed by atoms with E-state index in [0.717, 1.165) is 10.0 Å². The zero-order valence-electron chi connectivity index (χ0n) is 15.3. The van der Waals surface area contributed by atoms with Gasteiger partial charge in [0.15, 0.2) is 4.34 Å². The van der Waals surface area contributed by atoms with Crippen LogP contribution >= 0.6 is 23.1 Å². The van der Waals surface area contributed by atoms with Crippen molar-refractivity contribution in [1.29, 1.82) is 5.26 Å². The van der Waals surface area contributed by atoms with Gasteiger partial charge < -0.3 is 5.32 Å². The molecular weight excluding hydrogens is 392 g/mol. The second-order valence-electron chi connectivity index (χ2n) is 6.17. The average Bonchev–Trinajstić information content (AvgIpc) is 3.14. The van der Waals surface area contributed by atoms with Crippen molar-refractivity contribution < 1.29 is 4.79 Å². The van der Waals surface area contributed by atoms with Crippen molar-refractivity contribution in [2.45, 2.75) is 29.9 Å². The highest BCUT2D eigenvalue weighted by molar-refractivity contribution is 8.00. The van der Waals surface area contributed by atoms with Crippen molar-refractivity contribution in [2.24, 2.45) is 0 Å². The van der Waals surface area contributed by atoms with E-state index >= 15 is 0 Å². The summed E-state index contributed by atoms with van der Waals surface area (Å²) < 4.78 is 0.747. The lowest BCUT2D eigenvalue weighted by atomic mass is 10.1. The number of anilines is 2. The molecule has 0 atom stereocenters. The maximum atomic E-state index is 12.1. The SMILES string of the molecule is CC(C)c1ccc(CSc2nnc(NC(=O)Nc3cccc(C#N)c3)s2)nc1. The van der Waals surface area contributed by atoms with Crippen LogP contribution in [-0.2, 0) is 5.75 Å². The highest BCUT2D eigenvalue weighted by Gasteiger charge is 2.10. The summed E-state index contributed by atoms with van der Waals surface area (Å²) in [5.74, 6) is 1.14. The molecule has 2 heterocycles. The third-order valence-corrected chi connectivity index (χ3v) is 5.74. The number of thioether (sulfide) groups is 1. The molecule has 142 valence electrons. The Labute approximate surface area is 171 Å². The van der Waals surface area contributed by atoms with Crippen LogP contribution in [0.1, 0.15) is 36.6 Å². The number of pyridine rings is 1. The Morgan fingerprint density at radius 3 is 2.82 bits per heavy atom. The Morgan fingerprint density at radius 2 is 2.11 bits per heavy atom. The van der Waals surface area contributed by atoms with Crippen molar-refractivity contribution in [2.75, 3.05) is 10.6 Å². The van der Waals surface area contributed by atoms with Crippen LogP contribution in [0.5, 0.6) is 0 Å². The van der Waals surface area contributed by atoms with E-state index < -0.39 is 6.03 Å². The maximum absolute atomic E-state index is 12.1. The number of hydrogen-bond acceptors (Lipinski definition) is 7. The summed E-state index contributed by atoms with van der Waals surface area (Å²) in [6, 6.07) is 12.4. The van der Waals surface area contributed by atoms with E-state index in [1.807, 2.05) is 18.3 Å². The number of rotatable bonds is 6. The molecule has 3 aromatic rings. The van der Waals surface area contributed by atoms with Gasteiger partial charge in [-0.3, -0.25) is 10.3 Å². The van der Waals surface area contributed by atoms with E-state index in [-0.39, 0.29) is 0 Å². The van der Waals surface area contributed by atoms with E-state index in [9.17, 15) is 4.79 Å². The summed E-state index contributed by atoms with van der Waals surface area (Å²) in [6.45, 7) is 4.27. The third kappa shape index (κ3) is 5.52. The molecule has 0 aliphatic rings. The first-order valence-corrected chi connectivity index (χ1v) is 10.3. The van der Waals surface area contributed by atoms with Gasteiger partial charge in [0, 0.05) is 17.6 Å². The Balaban J connectivity index is 1.52. The van der Waals surface area contributed by atoms with Crippen molar-refractivity contribution in [1.82, 2.24) is 15.2 Å². The van der Waals surface area contributed by atoms with Crippen LogP contribution in [0.3, 0.4) is 0 Å². The number of carbonyl (C=O) groups excluding carboxylic acids is 1. The van der Waals surface area contributed by atoms with E-state index in [2.05, 4.69) is 45.7 Å². The second kappa shape index (κ2) is 9.30. The molecular formula is C19H18N6OS2. The summed E-state index contributed by atoms with van der Waals surface area (Å²) in [4.78, 5) is 16.5. The first-order chi connectivity index (χ1) is 13.5. The van der Waals surface area contributed by atoms with Crippen molar-refractivity contribution >= 4 is 39.9 Å². The Bertz CT molecular complexity index is 994. The zero-order valence-corrected chi connectivity index (χ0v) is 17.0. The highest BCUT2D eigenvalue weighted by Crippen LogP contribution is 2.28. The molecule has 0 unspecified atom stereocenters. The van der Waals surface area contributed by atoms with Crippen LogP contribution in [0, 0.1) is 11.3 Å². The van der Waals surface area contributed by atoms with E-state index in [1.165, 1.54) is 28.7 Å². The minimum atomic E-state index is -0.436. The number of benzene rings is 1. The van der Waals surface area contributed by atoms with Gasteiger partial charge in [0.1, 0.15) is 0 Å². The van der Waals surface area contributed by atoms with Gasteiger partial charge in [-0.2, -0.15) is 5.26 Å². The first kappa shape index (κ1) is 19.8. The molecule has 0 saturated carbocycles. The molecule has 0 aliphatic carbocycles. The number of aromatic nitrogens is 3. The average molecular weight is 411 g/mol. The topological polar surface area (TPSA) is 104 Å². The van der Waals surface area contributed by atoms with Crippen molar-refractivity contribution in [3.63, 3.8) is 0 Å². The lowest BCUT2D eigenvalue weighted by Crippen LogP contribution is -2.19. The van der Waals surface area contributed by atoms with Crippen molar-refractivity contribution in [3.8, 4) is 6.07 Å². The lowest BCUT2D eigenvalue weighted by Gasteiger charge is -2.05. The molecule has 0 bridgehead atoms. The molecule has 9 heteroatoms. The minimum Gasteiger partial charge on any atom is -0.308 e. The van der Waals surface area contributed by atoms with Gasteiger partial charge >= 0.3 is 6.03 Å². The quantitative estimate of drug-likeness (QED) is 0.444. The van der Waals surface area contributed by atoms with Crippen LogP contribution in [0.25, 0.3) is 0 Å². The monoisotopic (exact) mass is 410 g/mol. The van der Waals surface area contributed by atoms with Gasteiger partial charge in [0.2, 0.25) is 5.13 Å². The maximum Gasteiger partial charge on any atom is 0.325 e. The number of hydrogen-bond donors (Lipinski definition) is 2. The van der Waals surface area contributed by atoms with Crippen LogP contribution in [0.4, 0.5) is 15.6 Å². The summed E-state index contributed by atoms with van der Waals surface area (Å²) in [6.07, 6.45) is 1.90. The lowest BCUT2D eigenvalue weighted by molar-refractivity contribution is 0.262. The molecule has 2 N–H and O–H groups in total. The number of carbonyl (C=O) groups is 1. The predicted molar refractivity (Wildman–Crippen MR) is 112 cm³/mol. The van der Waals surface area contributed by atoms with E-state index in [1.54, 1.807) is 24.3 Å². The van der Waals surface area contributed by atoms with Crippen LogP contribution in [-0.4, -0.2) is 21.2 Å². The predicted octanol–water partition coefficient (Wildman–Crippen LogP) is 4.86. The Morgan fingerprint density at radius 1 is 1.25 bits per heavy atom. The summed E-state index contributed by atoms with van der Waals surface area (Å²) in [5, 5.41) is 22.7. The van der Waals surface area contributed by atoms with Crippen LogP contribution in [0.15, 0.2) is 46.9 Å². The summed E-state index contributed by atoms with van der Waals surface area (Å²) in [5.41, 5.74) is 3.19. The fourth-order valence-electron chi connectivity index (χ4n) is 2.24. The number of amides is 2. The summed E-state index contributed by atoms with van der Waals surface area (Å²) in [7, 11) is 0. The largest absolute Gasteiger partial charge is 0.325 e. The molecule has 1 aromatic carbocycles. The van der Waals surface area contributed by atoms with Gasteiger partial charge in [0.05, 0.1) is 17.3 Å². The molecule has 3 rings (SSSR count). The second-order valence-corrected chi connectivity index (χ2v) is 8.37. The molecule has 28 heavy (non-hydrogen) atoms.